The van der Waals surface area contributed by atoms with E-state index >= 15 is 0 Å². The molecule has 1 heterocycles. The molecule has 0 atom stereocenters. The molecule has 0 radical (unpaired) electrons. The summed E-state index contributed by atoms with van der Waals surface area (Å²) in [5.41, 5.74) is 3.50. The van der Waals surface area contributed by atoms with Gasteiger partial charge in [-0.1, -0.05) is 41.7 Å². The third-order valence-corrected chi connectivity index (χ3v) is 4.81. The molecule has 0 spiro atoms. The van der Waals surface area contributed by atoms with Crippen LogP contribution in [0.25, 0.3) is 16.3 Å². The van der Waals surface area contributed by atoms with Gasteiger partial charge in [0.25, 0.3) is 0 Å². The van der Waals surface area contributed by atoms with Crippen molar-refractivity contribution in [2.45, 2.75) is 0 Å². The SMILES string of the molecule is CN(C)c1ccc(/C=C/C=N\N=c2\sc3ccccc3n2C)cc1. The lowest BCUT2D eigenvalue weighted by Gasteiger charge is -2.11. The molecule has 0 bridgehead atoms. The lowest BCUT2D eigenvalue weighted by Crippen LogP contribution is -2.08. The summed E-state index contributed by atoms with van der Waals surface area (Å²) in [6.07, 6.45) is 5.63. The first-order valence-corrected chi connectivity index (χ1v) is 8.52. The first kappa shape index (κ1) is 16.2. The zero-order valence-corrected chi connectivity index (χ0v) is 14.9. The maximum atomic E-state index is 4.30. The second-order valence-corrected chi connectivity index (χ2v) is 6.63. The van der Waals surface area contributed by atoms with Crippen LogP contribution in [0.3, 0.4) is 0 Å². The molecule has 3 rings (SSSR count). The van der Waals surface area contributed by atoms with Gasteiger partial charge in [0.05, 0.1) is 10.2 Å². The summed E-state index contributed by atoms with van der Waals surface area (Å²) in [6, 6.07) is 16.6. The van der Waals surface area contributed by atoms with Gasteiger partial charge >= 0.3 is 0 Å². The second kappa shape index (κ2) is 7.27. The van der Waals surface area contributed by atoms with E-state index in [-0.39, 0.29) is 0 Å². The van der Waals surface area contributed by atoms with Gasteiger partial charge in [0.15, 0.2) is 0 Å². The molecule has 4 nitrogen and oxygen atoms in total. The molecule has 0 saturated carbocycles. The largest absolute Gasteiger partial charge is 0.378 e. The standard InChI is InChI=1S/C19H20N4S/c1-22(2)16-12-10-15(11-13-16)7-6-14-20-21-19-23(3)17-8-4-5-9-18(17)24-19/h4-14H,1-3H3/b7-6+,20-14-,21-19+. The Bertz CT molecular complexity index is 943. The number of hydrogen-bond donors (Lipinski definition) is 0. The molecular formula is C19H20N4S. The van der Waals surface area contributed by atoms with E-state index in [1.165, 1.54) is 15.9 Å². The van der Waals surface area contributed by atoms with E-state index in [1.807, 2.05) is 45.4 Å². The number of rotatable bonds is 4. The molecule has 0 aliphatic rings. The van der Waals surface area contributed by atoms with Crippen LogP contribution in [0.15, 0.2) is 64.8 Å². The van der Waals surface area contributed by atoms with Crippen LogP contribution in [0.1, 0.15) is 5.56 Å². The van der Waals surface area contributed by atoms with Crippen LogP contribution < -0.4 is 9.70 Å². The maximum Gasteiger partial charge on any atom is 0.211 e. The molecule has 0 unspecified atom stereocenters. The number of fused-ring (bicyclic) bond motifs is 1. The molecule has 0 N–H and O–H groups in total. The van der Waals surface area contributed by atoms with E-state index in [2.05, 4.69) is 56.1 Å². The lowest BCUT2D eigenvalue weighted by atomic mass is 10.2. The molecule has 1 aromatic heterocycles. The minimum absolute atomic E-state index is 0.885. The van der Waals surface area contributed by atoms with E-state index in [4.69, 9.17) is 0 Å². The fourth-order valence-electron chi connectivity index (χ4n) is 2.34. The number of thiazole rings is 1. The highest BCUT2D eigenvalue weighted by Gasteiger charge is 2.00. The molecule has 122 valence electrons. The molecule has 0 fully saturated rings. The Kier molecular flexibility index (Phi) is 4.91. The molecule has 0 amide bonds. The normalized spacial score (nSPS) is 12.7. The smallest absolute Gasteiger partial charge is 0.211 e. The highest BCUT2D eigenvalue weighted by molar-refractivity contribution is 7.16. The number of aromatic nitrogens is 1. The molecule has 24 heavy (non-hydrogen) atoms. The quantitative estimate of drug-likeness (QED) is 0.525. The number of anilines is 1. The monoisotopic (exact) mass is 336 g/mol. The predicted octanol–water partition coefficient (Wildman–Crippen LogP) is 3.91. The Balaban J connectivity index is 1.72. The van der Waals surface area contributed by atoms with Crippen LogP contribution in [0.2, 0.25) is 0 Å². The summed E-state index contributed by atoms with van der Waals surface area (Å²) >= 11 is 1.64. The fraction of sp³-hybridized carbons (Fsp3) is 0.158. The van der Waals surface area contributed by atoms with Crippen LogP contribution in [-0.2, 0) is 7.05 Å². The van der Waals surface area contributed by atoms with Gasteiger partial charge in [-0.2, -0.15) is 5.10 Å². The van der Waals surface area contributed by atoms with Gasteiger partial charge in [-0.25, -0.2) is 0 Å². The van der Waals surface area contributed by atoms with Crippen LogP contribution in [0.5, 0.6) is 0 Å². The summed E-state index contributed by atoms with van der Waals surface area (Å²) in [4.78, 5) is 2.97. The van der Waals surface area contributed by atoms with Crippen molar-refractivity contribution >= 4 is 39.5 Å². The van der Waals surface area contributed by atoms with Crippen molar-refractivity contribution in [2.24, 2.45) is 17.3 Å². The molecule has 3 aromatic rings. The van der Waals surface area contributed by atoms with Crippen LogP contribution in [0, 0.1) is 0 Å². The zero-order valence-electron chi connectivity index (χ0n) is 14.0. The van der Waals surface area contributed by atoms with E-state index in [0.717, 1.165) is 10.4 Å². The maximum absolute atomic E-state index is 4.30. The lowest BCUT2D eigenvalue weighted by molar-refractivity contribution is 0.890. The molecule has 5 heteroatoms. The van der Waals surface area contributed by atoms with E-state index < -0.39 is 0 Å². The highest BCUT2D eigenvalue weighted by Crippen LogP contribution is 2.15. The first-order chi connectivity index (χ1) is 11.6. The minimum atomic E-state index is 0.885. The average Bonchev–Trinajstić information content (AvgIpc) is 2.91. The number of allylic oxidation sites excluding steroid dienone is 1. The Hall–Kier alpha value is -2.66. The number of para-hydroxylation sites is 1. The van der Waals surface area contributed by atoms with Gasteiger partial charge in [0, 0.05) is 33.0 Å². The fourth-order valence-corrected chi connectivity index (χ4v) is 3.31. The second-order valence-electron chi connectivity index (χ2n) is 5.62. The molecule has 2 aromatic carbocycles. The number of nitrogens with zero attached hydrogens (tertiary/aromatic N) is 4. The van der Waals surface area contributed by atoms with Crippen molar-refractivity contribution in [3.05, 3.63) is 65.0 Å². The van der Waals surface area contributed by atoms with E-state index in [0.29, 0.717) is 0 Å². The van der Waals surface area contributed by atoms with Gasteiger partial charge in [-0.15, -0.1) is 5.10 Å². The predicted molar refractivity (Wildman–Crippen MR) is 105 cm³/mol. The number of aryl methyl sites for hydroxylation is 1. The zero-order chi connectivity index (χ0) is 16.9. The minimum Gasteiger partial charge on any atom is -0.378 e. The van der Waals surface area contributed by atoms with E-state index in [9.17, 15) is 0 Å². The molecule has 0 aliphatic heterocycles. The first-order valence-electron chi connectivity index (χ1n) is 7.71. The number of benzene rings is 2. The van der Waals surface area contributed by atoms with Gasteiger partial charge in [-0.05, 0) is 35.9 Å². The van der Waals surface area contributed by atoms with Crippen molar-refractivity contribution in [1.82, 2.24) is 4.57 Å². The molecular weight excluding hydrogens is 316 g/mol. The summed E-state index contributed by atoms with van der Waals surface area (Å²) in [7, 11) is 6.08. The third-order valence-electron chi connectivity index (χ3n) is 3.71. The number of hydrogen-bond acceptors (Lipinski definition) is 4. The Morgan fingerprint density at radius 2 is 1.79 bits per heavy atom. The van der Waals surface area contributed by atoms with Crippen molar-refractivity contribution in [3.63, 3.8) is 0 Å². The van der Waals surface area contributed by atoms with Gasteiger partial charge < -0.3 is 9.47 Å². The van der Waals surface area contributed by atoms with Crippen molar-refractivity contribution < 1.29 is 0 Å². The van der Waals surface area contributed by atoms with Crippen molar-refractivity contribution in [2.75, 3.05) is 19.0 Å². The topological polar surface area (TPSA) is 32.9 Å². The highest BCUT2D eigenvalue weighted by atomic mass is 32.1. The summed E-state index contributed by atoms with van der Waals surface area (Å²) in [5.74, 6) is 0. The summed E-state index contributed by atoms with van der Waals surface area (Å²) in [6.45, 7) is 0. The van der Waals surface area contributed by atoms with Crippen LogP contribution in [0.4, 0.5) is 5.69 Å². The molecule has 0 saturated heterocycles. The van der Waals surface area contributed by atoms with Crippen molar-refractivity contribution in [3.8, 4) is 0 Å². The Morgan fingerprint density at radius 3 is 2.50 bits per heavy atom. The summed E-state index contributed by atoms with van der Waals surface area (Å²) < 4.78 is 3.27. The Labute approximate surface area is 145 Å². The van der Waals surface area contributed by atoms with Gasteiger partial charge in [0.1, 0.15) is 0 Å². The van der Waals surface area contributed by atoms with E-state index in [1.54, 1.807) is 17.6 Å². The average molecular weight is 336 g/mol. The van der Waals surface area contributed by atoms with Gasteiger partial charge in [0.2, 0.25) is 4.80 Å². The molecule has 0 aliphatic carbocycles. The van der Waals surface area contributed by atoms with Gasteiger partial charge in [-0.3, -0.25) is 0 Å². The summed E-state index contributed by atoms with van der Waals surface area (Å²) in [5, 5.41) is 8.46. The van der Waals surface area contributed by atoms with Crippen molar-refractivity contribution in [1.29, 1.82) is 0 Å². The van der Waals surface area contributed by atoms with Crippen LogP contribution >= 0.6 is 11.3 Å². The Morgan fingerprint density at radius 1 is 1.04 bits per heavy atom. The third kappa shape index (κ3) is 3.63. The van der Waals surface area contributed by atoms with Crippen LogP contribution in [-0.4, -0.2) is 24.9 Å².